The maximum atomic E-state index is 5.86. The van der Waals surface area contributed by atoms with E-state index < -0.39 is 0 Å². The summed E-state index contributed by atoms with van der Waals surface area (Å²) < 4.78 is 13.4. The van der Waals surface area contributed by atoms with Crippen LogP contribution in [0.25, 0.3) is 5.82 Å². The first-order valence-corrected chi connectivity index (χ1v) is 8.68. The molecule has 3 aromatic rings. The number of ether oxygens (including phenoxy) is 2. The number of aryl methyl sites for hydroxylation is 2. The molecule has 1 aliphatic heterocycles. The van der Waals surface area contributed by atoms with Crippen molar-refractivity contribution in [2.24, 2.45) is 0 Å². The lowest BCUT2D eigenvalue weighted by Gasteiger charge is -2.13. The van der Waals surface area contributed by atoms with Gasteiger partial charge in [-0.05, 0) is 26.0 Å². The molecule has 0 atom stereocenters. The van der Waals surface area contributed by atoms with Gasteiger partial charge in [0.1, 0.15) is 5.82 Å². The van der Waals surface area contributed by atoms with Crippen molar-refractivity contribution in [3.63, 3.8) is 0 Å². The minimum absolute atomic E-state index is 0.571. The normalized spacial score (nSPS) is 13.3. The zero-order chi connectivity index (χ0) is 17.9. The second-order valence-electron chi connectivity index (χ2n) is 6.25. The van der Waals surface area contributed by atoms with Crippen molar-refractivity contribution in [1.29, 1.82) is 0 Å². The molecule has 0 amide bonds. The highest BCUT2D eigenvalue weighted by atomic mass is 16.5. The van der Waals surface area contributed by atoms with Crippen molar-refractivity contribution in [2.45, 2.75) is 26.8 Å². The smallest absolute Gasteiger partial charge is 0.174 e. The van der Waals surface area contributed by atoms with Crippen LogP contribution >= 0.6 is 0 Å². The van der Waals surface area contributed by atoms with Crippen LogP contribution in [0, 0.1) is 13.8 Å². The molecule has 1 aromatic carbocycles. The Kier molecular flexibility index (Phi) is 4.43. The Hall–Kier alpha value is -3.09. The minimum atomic E-state index is 0.571. The van der Waals surface area contributed by atoms with E-state index in [4.69, 9.17) is 9.47 Å². The third-order valence-corrected chi connectivity index (χ3v) is 4.16. The number of para-hydroxylation sites is 1. The number of anilines is 1. The zero-order valence-corrected chi connectivity index (χ0v) is 14.9. The fourth-order valence-corrected chi connectivity index (χ4v) is 2.98. The van der Waals surface area contributed by atoms with Crippen LogP contribution in [0.15, 0.2) is 36.7 Å². The molecule has 0 fully saturated rings. The topological polar surface area (TPSA) is 74.1 Å². The van der Waals surface area contributed by atoms with E-state index in [9.17, 15) is 0 Å². The van der Waals surface area contributed by atoms with Gasteiger partial charge in [-0.1, -0.05) is 12.1 Å². The lowest BCUT2D eigenvalue weighted by Crippen LogP contribution is -2.08. The molecule has 2 aromatic heterocycles. The third kappa shape index (κ3) is 3.33. The summed E-state index contributed by atoms with van der Waals surface area (Å²) in [6, 6.07) is 7.95. The van der Waals surface area contributed by atoms with Gasteiger partial charge in [-0.3, -0.25) is 4.98 Å². The maximum Gasteiger partial charge on any atom is 0.174 e. The summed E-state index contributed by atoms with van der Waals surface area (Å²) in [7, 11) is 0. The SMILES string of the molecule is Cc1cc(C)n(-c2cncc(NCc3cccc4c3OCCCO4)n2)n1. The number of nitrogens with one attached hydrogen (secondary N) is 1. The number of fused-ring (bicyclic) bond motifs is 1. The lowest BCUT2D eigenvalue weighted by molar-refractivity contribution is 0.296. The Labute approximate surface area is 152 Å². The largest absolute Gasteiger partial charge is 0.490 e. The molecule has 0 radical (unpaired) electrons. The number of nitrogens with zero attached hydrogens (tertiary/aromatic N) is 4. The Balaban J connectivity index is 1.54. The minimum Gasteiger partial charge on any atom is -0.490 e. The summed E-state index contributed by atoms with van der Waals surface area (Å²) in [6.45, 7) is 5.87. The predicted octanol–water partition coefficient (Wildman–Crippen LogP) is 3.05. The molecule has 1 aliphatic rings. The van der Waals surface area contributed by atoms with Gasteiger partial charge in [0.15, 0.2) is 17.3 Å². The number of hydrogen-bond donors (Lipinski definition) is 1. The molecule has 4 rings (SSSR count). The van der Waals surface area contributed by atoms with Gasteiger partial charge in [0.2, 0.25) is 0 Å². The van der Waals surface area contributed by atoms with Crippen LogP contribution in [0.2, 0.25) is 0 Å². The van der Waals surface area contributed by atoms with E-state index in [0.29, 0.717) is 31.4 Å². The van der Waals surface area contributed by atoms with E-state index in [1.807, 2.05) is 38.1 Å². The molecule has 134 valence electrons. The summed E-state index contributed by atoms with van der Waals surface area (Å²) in [6.07, 6.45) is 4.29. The molecule has 0 saturated carbocycles. The molecule has 0 spiro atoms. The number of hydrogen-bond acceptors (Lipinski definition) is 6. The van der Waals surface area contributed by atoms with Crippen molar-refractivity contribution < 1.29 is 9.47 Å². The fraction of sp³-hybridized carbons (Fsp3) is 0.316. The van der Waals surface area contributed by atoms with E-state index in [2.05, 4.69) is 20.4 Å². The van der Waals surface area contributed by atoms with Crippen molar-refractivity contribution in [1.82, 2.24) is 19.7 Å². The molecular formula is C19H21N5O2. The Bertz CT molecular complexity index is 922. The molecule has 0 aliphatic carbocycles. The molecule has 3 heterocycles. The quantitative estimate of drug-likeness (QED) is 0.779. The first-order valence-electron chi connectivity index (χ1n) is 8.68. The van der Waals surface area contributed by atoms with Crippen LogP contribution in [-0.4, -0.2) is 33.0 Å². The van der Waals surface area contributed by atoms with Crippen molar-refractivity contribution in [2.75, 3.05) is 18.5 Å². The molecule has 26 heavy (non-hydrogen) atoms. The van der Waals surface area contributed by atoms with Gasteiger partial charge in [0.05, 0.1) is 31.3 Å². The van der Waals surface area contributed by atoms with E-state index in [-0.39, 0.29) is 0 Å². The van der Waals surface area contributed by atoms with Crippen LogP contribution in [0.3, 0.4) is 0 Å². The third-order valence-electron chi connectivity index (χ3n) is 4.16. The molecule has 7 heteroatoms. The Morgan fingerprint density at radius 2 is 2.04 bits per heavy atom. The molecule has 0 saturated heterocycles. The second-order valence-corrected chi connectivity index (χ2v) is 6.25. The van der Waals surface area contributed by atoms with E-state index >= 15 is 0 Å². The fourth-order valence-electron chi connectivity index (χ4n) is 2.98. The highest BCUT2D eigenvalue weighted by molar-refractivity contribution is 5.49. The van der Waals surface area contributed by atoms with E-state index in [1.54, 1.807) is 17.1 Å². The Morgan fingerprint density at radius 3 is 2.88 bits per heavy atom. The highest BCUT2D eigenvalue weighted by Gasteiger charge is 2.14. The maximum absolute atomic E-state index is 5.86. The van der Waals surface area contributed by atoms with Crippen LogP contribution < -0.4 is 14.8 Å². The van der Waals surface area contributed by atoms with Gasteiger partial charge in [-0.2, -0.15) is 5.10 Å². The average molecular weight is 351 g/mol. The van der Waals surface area contributed by atoms with Gasteiger partial charge >= 0.3 is 0 Å². The van der Waals surface area contributed by atoms with Crippen LogP contribution in [0.1, 0.15) is 23.4 Å². The van der Waals surface area contributed by atoms with Crippen LogP contribution in [0.5, 0.6) is 11.5 Å². The number of rotatable bonds is 4. The van der Waals surface area contributed by atoms with Crippen molar-refractivity contribution in [3.05, 3.63) is 53.6 Å². The van der Waals surface area contributed by atoms with E-state index in [0.717, 1.165) is 34.9 Å². The second kappa shape index (κ2) is 7.03. The predicted molar refractivity (Wildman–Crippen MR) is 98.0 cm³/mol. The summed E-state index contributed by atoms with van der Waals surface area (Å²) in [5.74, 6) is 2.97. The molecular weight excluding hydrogens is 330 g/mol. The Morgan fingerprint density at radius 1 is 1.15 bits per heavy atom. The van der Waals surface area contributed by atoms with Gasteiger partial charge in [-0.25, -0.2) is 9.67 Å². The monoisotopic (exact) mass is 351 g/mol. The van der Waals surface area contributed by atoms with Gasteiger partial charge < -0.3 is 14.8 Å². The first kappa shape index (κ1) is 16.4. The lowest BCUT2D eigenvalue weighted by atomic mass is 10.2. The summed E-state index contributed by atoms with van der Waals surface area (Å²) in [4.78, 5) is 8.90. The first-order chi connectivity index (χ1) is 12.7. The van der Waals surface area contributed by atoms with Crippen LogP contribution in [0.4, 0.5) is 5.82 Å². The summed E-state index contributed by atoms with van der Waals surface area (Å²) >= 11 is 0. The molecule has 0 bridgehead atoms. The van der Waals surface area contributed by atoms with Crippen LogP contribution in [-0.2, 0) is 6.54 Å². The van der Waals surface area contributed by atoms with Gasteiger partial charge in [0.25, 0.3) is 0 Å². The molecule has 1 N–H and O–H groups in total. The van der Waals surface area contributed by atoms with Gasteiger partial charge in [-0.15, -0.1) is 0 Å². The molecule has 7 nitrogen and oxygen atoms in total. The number of benzene rings is 1. The average Bonchev–Trinajstić information content (AvgIpc) is 2.84. The summed E-state index contributed by atoms with van der Waals surface area (Å²) in [5, 5.41) is 7.78. The number of aromatic nitrogens is 4. The highest BCUT2D eigenvalue weighted by Crippen LogP contribution is 2.33. The summed E-state index contributed by atoms with van der Waals surface area (Å²) in [5.41, 5.74) is 3.00. The van der Waals surface area contributed by atoms with Gasteiger partial charge in [0, 0.05) is 24.2 Å². The molecule has 0 unspecified atom stereocenters. The standard InChI is InChI=1S/C19H21N5O2/c1-13-9-14(2)24(23-13)18-12-20-11-17(22-18)21-10-15-5-3-6-16-19(15)26-8-4-7-25-16/h3,5-6,9,11-12H,4,7-8,10H2,1-2H3,(H,21,22). The van der Waals surface area contributed by atoms with Crippen molar-refractivity contribution in [3.8, 4) is 17.3 Å². The van der Waals surface area contributed by atoms with Crippen molar-refractivity contribution >= 4 is 5.82 Å². The zero-order valence-electron chi connectivity index (χ0n) is 14.9. The van der Waals surface area contributed by atoms with E-state index in [1.165, 1.54) is 0 Å².